The third kappa shape index (κ3) is 5.03. The molecule has 210 valence electrons. The van der Waals surface area contributed by atoms with Crippen LogP contribution in [0.1, 0.15) is 44.1 Å². The lowest BCUT2D eigenvalue weighted by Gasteiger charge is -2.29. The summed E-state index contributed by atoms with van der Waals surface area (Å²) in [5.74, 6) is -1.10. The summed E-state index contributed by atoms with van der Waals surface area (Å²) in [5, 5.41) is 4.06. The standard InChI is InChI=1S/C28H25ClF2N8O2/c1-3-15-6-8-16(9-7-15)14-39-21-20(17-11-18(29)13-32-12-17)34-24(25-37-27(40)41-38-25)35-23(21)36-26(39)28(2,31)22-19(30)5-4-10-33-22/h3-5,10-13,15-16H,1,6-9,14H2,2H3,(H,37,38,40). The number of rotatable bonds is 7. The van der Waals surface area contributed by atoms with E-state index in [0.29, 0.717) is 34.3 Å². The predicted molar refractivity (Wildman–Crippen MR) is 147 cm³/mol. The van der Waals surface area contributed by atoms with Crippen LogP contribution in [0, 0.1) is 17.7 Å². The van der Waals surface area contributed by atoms with Crippen LogP contribution in [0.2, 0.25) is 5.02 Å². The Morgan fingerprint density at radius 3 is 2.73 bits per heavy atom. The number of aromatic nitrogens is 8. The second-order valence-corrected chi connectivity index (χ2v) is 10.7. The zero-order chi connectivity index (χ0) is 28.7. The molecule has 1 N–H and O–H groups in total. The molecule has 1 aliphatic rings. The van der Waals surface area contributed by atoms with Gasteiger partial charge in [0.1, 0.15) is 22.7 Å². The summed E-state index contributed by atoms with van der Waals surface area (Å²) in [4.78, 5) is 36.1. The Hall–Kier alpha value is -4.32. The van der Waals surface area contributed by atoms with Gasteiger partial charge in [0.15, 0.2) is 11.5 Å². The summed E-state index contributed by atoms with van der Waals surface area (Å²) in [7, 11) is 0. The Bertz CT molecular complexity index is 1810. The number of imidazole rings is 1. The maximum absolute atomic E-state index is 16.9. The highest BCUT2D eigenvalue weighted by atomic mass is 35.5. The molecule has 6 rings (SSSR count). The van der Waals surface area contributed by atoms with Crippen molar-refractivity contribution in [2.24, 2.45) is 11.8 Å². The Balaban J connectivity index is 1.62. The van der Waals surface area contributed by atoms with Gasteiger partial charge in [-0.2, -0.15) is 0 Å². The third-order valence-electron chi connectivity index (χ3n) is 7.52. The van der Waals surface area contributed by atoms with E-state index in [-0.39, 0.29) is 29.0 Å². The molecule has 1 fully saturated rings. The highest BCUT2D eigenvalue weighted by molar-refractivity contribution is 6.30. The summed E-state index contributed by atoms with van der Waals surface area (Å²) in [6.07, 6.45) is 10.1. The number of hydrogen-bond acceptors (Lipinski definition) is 8. The molecule has 13 heteroatoms. The number of allylic oxidation sites excluding steroid dienone is 1. The van der Waals surface area contributed by atoms with Crippen molar-refractivity contribution in [2.45, 2.75) is 44.8 Å². The van der Waals surface area contributed by atoms with Crippen LogP contribution in [0.4, 0.5) is 8.78 Å². The van der Waals surface area contributed by atoms with Gasteiger partial charge in [0.25, 0.3) is 0 Å². The number of alkyl halides is 1. The zero-order valence-corrected chi connectivity index (χ0v) is 22.8. The Kier molecular flexibility index (Phi) is 6.94. The van der Waals surface area contributed by atoms with E-state index >= 15 is 4.39 Å². The fourth-order valence-electron chi connectivity index (χ4n) is 5.45. The number of aromatic amines is 1. The minimum atomic E-state index is -2.43. The van der Waals surface area contributed by atoms with E-state index in [1.165, 1.54) is 25.4 Å². The van der Waals surface area contributed by atoms with E-state index in [0.717, 1.165) is 31.7 Å². The zero-order valence-electron chi connectivity index (χ0n) is 22.0. The van der Waals surface area contributed by atoms with Gasteiger partial charge in [-0.05, 0) is 62.6 Å². The number of pyridine rings is 2. The first kappa shape index (κ1) is 26.9. The van der Waals surface area contributed by atoms with Crippen molar-refractivity contribution in [3.63, 3.8) is 0 Å². The fourth-order valence-corrected chi connectivity index (χ4v) is 5.62. The molecule has 0 aliphatic heterocycles. The van der Waals surface area contributed by atoms with E-state index in [1.807, 2.05) is 6.08 Å². The van der Waals surface area contributed by atoms with Crippen molar-refractivity contribution in [3.8, 4) is 22.9 Å². The van der Waals surface area contributed by atoms with Crippen LogP contribution in [0.3, 0.4) is 0 Å². The van der Waals surface area contributed by atoms with E-state index < -0.39 is 22.9 Å². The van der Waals surface area contributed by atoms with Gasteiger partial charge in [-0.3, -0.25) is 19.5 Å². The second-order valence-electron chi connectivity index (χ2n) is 10.3. The molecular weight excluding hydrogens is 554 g/mol. The lowest BCUT2D eigenvalue weighted by Crippen LogP contribution is -2.28. The molecule has 0 amide bonds. The van der Waals surface area contributed by atoms with E-state index in [2.05, 4.69) is 46.2 Å². The monoisotopic (exact) mass is 578 g/mol. The molecule has 5 aromatic heterocycles. The maximum Gasteiger partial charge on any atom is 0.439 e. The molecule has 0 spiro atoms. The van der Waals surface area contributed by atoms with Crippen LogP contribution in [0.5, 0.6) is 0 Å². The van der Waals surface area contributed by atoms with Crippen LogP contribution < -0.4 is 5.76 Å². The summed E-state index contributed by atoms with van der Waals surface area (Å²) in [6.45, 7) is 5.54. The van der Waals surface area contributed by atoms with Crippen molar-refractivity contribution in [1.82, 2.24) is 39.6 Å². The molecule has 0 bridgehead atoms. The van der Waals surface area contributed by atoms with Crippen LogP contribution >= 0.6 is 11.6 Å². The average Bonchev–Trinajstić information content (AvgIpc) is 3.57. The van der Waals surface area contributed by atoms with E-state index in [1.54, 1.807) is 16.8 Å². The molecule has 10 nitrogen and oxygen atoms in total. The number of nitrogens with one attached hydrogen (secondary N) is 1. The summed E-state index contributed by atoms with van der Waals surface area (Å²) in [5.41, 5.74) is -1.47. The highest BCUT2D eigenvalue weighted by Gasteiger charge is 2.40. The lowest BCUT2D eigenvalue weighted by molar-refractivity contribution is 0.204. The minimum Gasteiger partial charge on any atom is -0.321 e. The van der Waals surface area contributed by atoms with E-state index in [4.69, 9.17) is 11.6 Å². The van der Waals surface area contributed by atoms with Gasteiger partial charge in [0, 0.05) is 30.7 Å². The van der Waals surface area contributed by atoms with E-state index in [9.17, 15) is 9.18 Å². The number of H-pyrrole nitrogens is 1. The maximum atomic E-state index is 16.9. The van der Waals surface area contributed by atoms with Gasteiger partial charge in [-0.1, -0.05) is 22.8 Å². The summed E-state index contributed by atoms with van der Waals surface area (Å²) < 4.78 is 38.1. The van der Waals surface area contributed by atoms with Gasteiger partial charge in [-0.25, -0.2) is 28.5 Å². The number of fused-ring (bicyclic) bond motifs is 1. The lowest BCUT2D eigenvalue weighted by atomic mass is 9.82. The fraction of sp³-hybridized carbons (Fsp3) is 0.321. The van der Waals surface area contributed by atoms with Crippen molar-refractivity contribution in [2.75, 3.05) is 0 Å². The van der Waals surface area contributed by atoms with Crippen LogP contribution in [-0.2, 0) is 12.2 Å². The summed E-state index contributed by atoms with van der Waals surface area (Å²) in [6, 6.07) is 4.22. The molecule has 1 unspecified atom stereocenters. The Morgan fingerprint density at radius 1 is 1.24 bits per heavy atom. The van der Waals surface area contributed by atoms with Gasteiger partial charge >= 0.3 is 5.76 Å². The molecule has 5 heterocycles. The number of nitrogens with zero attached hydrogens (tertiary/aromatic N) is 7. The normalized spacial score (nSPS) is 18.8. The van der Waals surface area contributed by atoms with Gasteiger partial charge in [-0.15, -0.1) is 6.58 Å². The minimum absolute atomic E-state index is 0.00871. The molecule has 0 aromatic carbocycles. The molecule has 1 aliphatic carbocycles. The molecule has 0 radical (unpaired) electrons. The second kappa shape index (κ2) is 10.6. The van der Waals surface area contributed by atoms with Crippen LogP contribution in [0.15, 0.2) is 58.8 Å². The highest BCUT2D eigenvalue weighted by Crippen LogP contribution is 2.40. The predicted octanol–water partition coefficient (Wildman–Crippen LogP) is 5.64. The summed E-state index contributed by atoms with van der Waals surface area (Å²) >= 11 is 6.28. The van der Waals surface area contributed by atoms with Crippen LogP contribution in [0.25, 0.3) is 34.1 Å². The molecule has 5 aromatic rings. The smallest absolute Gasteiger partial charge is 0.321 e. The first-order chi connectivity index (χ1) is 19.7. The average molecular weight is 579 g/mol. The Morgan fingerprint density at radius 2 is 2.05 bits per heavy atom. The Labute approximate surface area is 237 Å². The third-order valence-corrected chi connectivity index (χ3v) is 7.73. The molecular formula is C28H25ClF2N8O2. The first-order valence-corrected chi connectivity index (χ1v) is 13.5. The van der Waals surface area contributed by atoms with Crippen molar-refractivity contribution >= 4 is 22.8 Å². The number of halogens is 3. The molecule has 41 heavy (non-hydrogen) atoms. The molecule has 1 saturated carbocycles. The largest absolute Gasteiger partial charge is 0.439 e. The van der Waals surface area contributed by atoms with Gasteiger partial charge < -0.3 is 4.57 Å². The van der Waals surface area contributed by atoms with Crippen LogP contribution in [-0.4, -0.2) is 39.6 Å². The van der Waals surface area contributed by atoms with Crippen molar-refractivity contribution < 1.29 is 13.3 Å². The quantitative estimate of drug-likeness (QED) is 0.246. The van der Waals surface area contributed by atoms with Crippen molar-refractivity contribution in [1.29, 1.82) is 0 Å². The number of hydrogen-bond donors (Lipinski definition) is 1. The topological polar surface area (TPSA) is 128 Å². The molecule has 0 saturated heterocycles. The molecule has 1 atom stereocenters. The first-order valence-electron chi connectivity index (χ1n) is 13.1. The van der Waals surface area contributed by atoms with Crippen molar-refractivity contribution in [3.05, 3.63) is 82.4 Å². The van der Waals surface area contributed by atoms with Gasteiger partial charge in [0.05, 0.1) is 5.02 Å². The SMILES string of the molecule is C=CC1CCC(Cn2c(C(C)(F)c3ncccc3F)nc3nc(-c4noc(=O)[nH]4)nc(-c4cncc(Cl)c4)c32)CC1. The van der Waals surface area contributed by atoms with Gasteiger partial charge in [0.2, 0.25) is 17.3 Å².